The van der Waals surface area contributed by atoms with E-state index in [4.69, 9.17) is 4.74 Å². The van der Waals surface area contributed by atoms with Gasteiger partial charge in [-0.1, -0.05) is 25.3 Å². The van der Waals surface area contributed by atoms with E-state index in [1.807, 2.05) is 0 Å². The Morgan fingerprint density at radius 1 is 1.08 bits per heavy atom. The van der Waals surface area contributed by atoms with E-state index >= 15 is 0 Å². The summed E-state index contributed by atoms with van der Waals surface area (Å²) in [7, 11) is 1.74. The van der Waals surface area contributed by atoms with E-state index in [9.17, 15) is 5.11 Å². The number of hydrogen-bond donors (Lipinski definition) is 1. The maximum atomic E-state index is 9.59. The van der Waals surface area contributed by atoms with E-state index < -0.39 is 0 Å². The number of piperazine rings is 1. The molecule has 1 atom stereocenters. The number of benzene rings is 1. The summed E-state index contributed by atoms with van der Waals surface area (Å²) in [4.78, 5) is 5.30. The monoisotopic (exact) mass is 360 g/mol. The van der Waals surface area contributed by atoms with Gasteiger partial charge in [-0.3, -0.25) is 9.80 Å². The number of aliphatic hydroxyl groups excluding tert-OH is 1. The summed E-state index contributed by atoms with van der Waals surface area (Å²) in [6.07, 6.45) is 7.74. The first-order valence-electron chi connectivity index (χ1n) is 10.4. The van der Waals surface area contributed by atoms with Crippen molar-refractivity contribution in [3.8, 4) is 5.75 Å². The lowest BCUT2D eigenvalue weighted by Crippen LogP contribution is -2.56. The maximum Gasteiger partial charge on any atom is 0.122 e. The Morgan fingerprint density at radius 2 is 1.85 bits per heavy atom. The van der Waals surface area contributed by atoms with Crippen molar-refractivity contribution in [2.24, 2.45) is 0 Å². The molecule has 1 heterocycles. The zero-order valence-corrected chi connectivity index (χ0v) is 16.8. The van der Waals surface area contributed by atoms with Gasteiger partial charge in [0.05, 0.1) is 7.11 Å². The molecular formula is C22H36N2O2. The second-order valence-electron chi connectivity index (χ2n) is 8.18. The summed E-state index contributed by atoms with van der Waals surface area (Å²) in [6.45, 7) is 8.94. The van der Waals surface area contributed by atoms with Crippen molar-refractivity contribution in [3.63, 3.8) is 0 Å². The molecule has 4 nitrogen and oxygen atoms in total. The lowest BCUT2D eigenvalue weighted by atomic mass is 9.91. The summed E-state index contributed by atoms with van der Waals surface area (Å²) in [5.41, 5.74) is 3.92. The van der Waals surface area contributed by atoms with Gasteiger partial charge in [-0.15, -0.1) is 0 Å². The second kappa shape index (κ2) is 9.20. The van der Waals surface area contributed by atoms with E-state index in [0.717, 1.165) is 44.4 Å². The number of hydrogen-bond acceptors (Lipinski definition) is 4. The van der Waals surface area contributed by atoms with E-state index in [0.29, 0.717) is 12.6 Å². The van der Waals surface area contributed by atoms with Crippen LogP contribution in [0.4, 0.5) is 0 Å². The number of aliphatic hydroxyl groups is 1. The van der Waals surface area contributed by atoms with Crippen LogP contribution in [-0.4, -0.2) is 60.3 Å². The highest BCUT2D eigenvalue weighted by Gasteiger charge is 2.32. The molecule has 1 aromatic carbocycles. The zero-order chi connectivity index (χ0) is 18.5. The van der Waals surface area contributed by atoms with E-state index in [1.54, 1.807) is 7.11 Å². The highest BCUT2D eigenvalue weighted by molar-refractivity contribution is 5.41. The first-order valence-corrected chi connectivity index (χ1v) is 10.4. The van der Waals surface area contributed by atoms with Crippen LogP contribution in [0.2, 0.25) is 0 Å². The van der Waals surface area contributed by atoms with Gasteiger partial charge >= 0.3 is 0 Å². The summed E-state index contributed by atoms with van der Waals surface area (Å²) in [5, 5.41) is 9.59. The minimum absolute atomic E-state index is 0.294. The normalized spacial score (nSPS) is 23.3. The van der Waals surface area contributed by atoms with Gasteiger partial charge in [-0.05, 0) is 55.9 Å². The lowest BCUT2D eigenvalue weighted by molar-refractivity contribution is 0.0136. The molecule has 1 aliphatic heterocycles. The van der Waals surface area contributed by atoms with Gasteiger partial charge in [-0.2, -0.15) is 0 Å². The summed E-state index contributed by atoms with van der Waals surface area (Å²) >= 11 is 0. The molecule has 1 aromatic rings. The molecule has 1 aliphatic carbocycles. The topological polar surface area (TPSA) is 35.9 Å². The zero-order valence-electron chi connectivity index (χ0n) is 16.8. The van der Waals surface area contributed by atoms with Gasteiger partial charge in [0.15, 0.2) is 0 Å². The Morgan fingerprint density at radius 3 is 2.54 bits per heavy atom. The van der Waals surface area contributed by atoms with Crippen molar-refractivity contribution in [2.75, 3.05) is 33.4 Å². The van der Waals surface area contributed by atoms with Crippen LogP contribution in [0.25, 0.3) is 0 Å². The number of ether oxygens (including phenoxy) is 1. The summed E-state index contributed by atoms with van der Waals surface area (Å²) in [6, 6.07) is 5.68. The van der Waals surface area contributed by atoms with Crippen LogP contribution >= 0.6 is 0 Å². The molecule has 2 aliphatic rings. The van der Waals surface area contributed by atoms with Crippen LogP contribution in [0.15, 0.2) is 12.1 Å². The fourth-order valence-corrected chi connectivity index (χ4v) is 4.86. The average molecular weight is 361 g/mol. The number of rotatable bonds is 6. The van der Waals surface area contributed by atoms with Gasteiger partial charge in [0.2, 0.25) is 0 Å². The molecule has 0 aromatic heterocycles. The third kappa shape index (κ3) is 4.59. The van der Waals surface area contributed by atoms with Crippen LogP contribution in [0.1, 0.15) is 55.2 Å². The molecular weight excluding hydrogens is 324 g/mol. The van der Waals surface area contributed by atoms with Crippen molar-refractivity contribution in [1.29, 1.82) is 0 Å². The summed E-state index contributed by atoms with van der Waals surface area (Å²) < 4.78 is 5.45. The molecule has 1 unspecified atom stereocenters. The van der Waals surface area contributed by atoms with E-state index in [2.05, 4.69) is 35.8 Å². The van der Waals surface area contributed by atoms with Crippen LogP contribution in [0.3, 0.4) is 0 Å². The SMILES string of the molecule is COc1cc(C)c(CN2CCN(C3CCCCC3)C(CCO)C2)cc1C. The Kier molecular flexibility index (Phi) is 6.96. The fraction of sp³-hybridized carbons (Fsp3) is 0.727. The van der Waals surface area contributed by atoms with E-state index in [1.165, 1.54) is 48.8 Å². The molecule has 4 heteroatoms. The first kappa shape index (κ1) is 19.7. The molecule has 26 heavy (non-hydrogen) atoms. The molecule has 0 radical (unpaired) electrons. The quantitative estimate of drug-likeness (QED) is 0.842. The lowest BCUT2D eigenvalue weighted by Gasteiger charge is -2.46. The minimum atomic E-state index is 0.294. The Bertz CT molecular complexity index is 584. The Hall–Kier alpha value is -1.10. The number of aryl methyl sites for hydroxylation is 2. The predicted molar refractivity (Wildman–Crippen MR) is 107 cm³/mol. The molecule has 2 fully saturated rings. The van der Waals surface area contributed by atoms with Gasteiger partial charge in [0, 0.05) is 44.9 Å². The van der Waals surface area contributed by atoms with Crippen molar-refractivity contribution < 1.29 is 9.84 Å². The van der Waals surface area contributed by atoms with Crippen LogP contribution in [0.5, 0.6) is 5.75 Å². The third-order valence-electron chi connectivity index (χ3n) is 6.37. The predicted octanol–water partition coefficient (Wildman–Crippen LogP) is 3.51. The Balaban J connectivity index is 1.66. The van der Waals surface area contributed by atoms with Crippen LogP contribution < -0.4 is 4.74 Å². The number of nitrogens with zero attached hydrogens (tertiary/aromatic N) is 2. The van der Waals surface area contributed by atoms with Crippen LogP contribution in [0, 0.1) is 13.8 Å². The highest BCUT2D eigenvalue weighted by atomic mass is 16.5. The van der Waals surface area contributed by atoms with Gasteiger partial charge < -0.3 is 9.84 Å². The molecule has 1 N–H and O–H groups in total. The smallest absolute Gasteiger partial charge is 0.122 e. The van der Waals surface area contributed by atoms with Gasteiger partial charge in [-0.25, -0.2) is 0 Å². The molecule has 0 amide bonds. The molecule has 0 spiro atoms. The second-order valence-corrected chi connectivity index (χ2v) is 8.18. The largest absolute Gasteiger partial charge is 0.496 e. The Labute approximate surface area is 159 Å². The van der Waals surface area contributed by atoms with Crippen molar-refractivity contribution in [1.82, 2.24) is 9.80 Å². The number of methoxy groups -OCH3 is 1. The molecule has 3 rings (SSSR count). The van der Waals surface area contributed by atoms with Gasteiger partial charge in [0.1, 0.15) is 5.75 Å². The molecule has 1 saturated heterocycles. The highest BCUT2D eigenvalue weighted by Crippen LogP contribution is 2.28. The molecule has 0 bridgehead atoms. The first-order chi connectivity index (χ1) is 12.6. The van der Waals surface area contributed by atoms with Crippen molar-refractivity contribution in [3.05, 3.63) is 28.8 Å². The standard InChI is InChI=1S/C22H36N2O2/c1-17-14-22(26-3)18(2)13-19(17)15-23-10-11-24(21(16-23)9-12-25)20-7-5-4-6-8-20/h13-14,20-21,25H,4-12,15-16H2,1-3H3. The third-order valence-corrected chi connectivity index (χ3v) is 6.37. The fourth-order valence-electron chi connectivity index (χ4n) is 4.86. The van der Waals surface area contributed by atoms with Crippen molar-refractivity contribution in [2.45, 2.75) is 71.0 Å². The van der Waals surface area contributed by atoms with Gasteiger partial charge in [0.25, 0.3) is 0 Å². The summed E-state index contributed by atoms with van der Waals surface area (Å²) in [5.74, 6) is 0.978. The molecule has 146 valence electrons. The average Bonchev–Trinajstić information content (AvgIpc) is 2.65. The van der Waals surface area contributed by atoms with Crippen LogP contribution in [-0.2, 0) is 6.54 Å². The maximum absolute atomic E-state index is 9.59. The minimum Gasteiger partial charge on any atom is -0.496 e. The molecule has 1 saturated carbocycles. The van der Waals surface area contributed by atoms with Crippen molar-refractivity contribution >= 4 is 0 Å². The van der Waals surface area contributed by atoms with E-state index in [-0.39, 0.29) is 0 Å².